The molecule has 0 amide bonds. The minimum Gasteiger partial charge on any atom is -0.497 e. The highest BCUT2D eigenvalue weighted by Crippen LogP contribution is 2.18. The Kier molecular flexibility index (Phi) is 4.93. The summed E-state index contributed by atoms with van der Waals surface area (Å²) in [6.07, 6.45) is 0. The number of nitrogens with one attached hydrogen (secondary N) is 1. The molecule has 4 heteroatoms. The number of methoxy groups -OCH3 is 1. The molecule has 0 unspecified atom stereocenters. The number of hydrogen-bond acceptors (Lipinski definition) is 3. The normalized spacial score (nSPS) is 10.0. The number of anilines is 1. The molecule has 0 saturated heterocycles. The zero-order valence-corrected chi connectivity index (χ0v) is 11.5. The Morgan fingerprint density at radius 3 is 2.53 bits per heavy atom. The minimum atomic E-state index is 0.579. The Morgan fingerprint density at radius 2 is 1.79 bits per heavy atom. The van der Waals surface area contributed by atoms with Crippen molar-refractivity contribution >= 4 is 17.3 Å². The first-order valence-corrected chi connectivity index (χ1v) is 6.42. The highest BCUT2D eigenvalue weighted by Gasteiger charge is 1.97. The monoisotopic (exact) mass is 277 g/mol. The number of rotatable bonds is 6. The molecule has 0 bridgehead atoms. The Balaban J connectivity index is 1.75. The Bertz CT molecular complexity index is 514. The van der Waals surface area contributed by atoms with E-state index in [1.807, 2.05) is 48.5 Å². The van der Waals surface area contributed by atoms with Gasteiger partial charge in [-0.05, 0) is 36.4 Å². The van der Waals surface area contributed by atoms with Crippen molar-refractivity contribution in [2.24, 2.45) is 0 Å². The van der Waals surface area contributed by atoms with E-state index in [4.69, 9.17) is 21.1 Å². The van der Waals surface area contributed by atoms with Gasteiger partial charge in [0.25, 0.3) is 0 Å². The maximum Gasteiger partial charge on any atom is 0.123 e. The lowest BCUT2D eigenvalue weighted by molar-refractivity contribution is 0.329. The average molecular weight is 278 g/mol. The zero-order chi connectivity index (χ0) is 13.5. The fraction of sp³-hybridized carbons (Fsp3) is 0.200. The van der Waals surface area contributed by atoms with E-state index in [1.165, 1.54) is 0 Å². The van der Waals surface area contributed by atoms with Gasteiger partial charge in [-0.3, -0.25) is 0 Å². The quantitative estimate of drug-likeness (QED) is 0.814. The van der Waals surface area contributed by atoms with Crippen LogP contribution in [0.3, 0.4) is 0 Å². The summed E-state index contributed by atoms with van der Waals surface area (Å²) in [6.45, 7) is 1.30. The van der Waals surface area contributed by atoms with E-state index in [2.05, 4.69) is 5.32 Å². The Morgan fingerprint density at radius 1 is 1.05 bits per heavy atom. The van der Waals surface area contributed by atoms with Crippen LogP contribution in [0, 0.1) is 0 Å². The first-order valence-electron chi connectivity index (χ1n) is 6.04. The molecule has 0 fully saturated rings. The molecular formula is C15H16ClNO2. The number of benzene rings is 2. The molecule has 0 aliphatic rings. The van der Waals surface area contributed by atoms with Crippen molar-refractivity contribution in [1.82, 2.24) is 0 Å². The molecule has 2 aromatic carbocycles. The summed E-state index contributed by atoms with van der Waals surface area (Å²) in [5.74, 6) is 1.60. The van der Waals surface area contributed by atoms with E-state index in [1.54, 1.807) is 7.11 Å². The second-order valence-electron chi connectivity index (χ2n) is 3.96. The molecule has 0 aliphatic heterocycles. The van der Waals surface area contributed by atoms with Crippen molar-refractivity contribution in [2.45, 2.75) is 0 Å². The van der Waals surface area contributed by atoms with E-state index in [0.29, 0.717) is 6.61 Å². The van der Waals surface area contributed by atoms with Gasteiger partial charge in [-0.1, -0.05) is 17.7 Å². The number of ether oxygens (including phenoxy) is 2. The summed E-state index contributed by atoms with van der Waals surface area (Å²) in [6, 6.07) is 15.1. The van der Waals surface area contributed by atoms with Crippen molar-refractivity contribution in [3.05, 3.63) is 53.6 Å². The van der Waals surface area contributed by atoms with Crippen LogP contribution in [0.2, 0.25) is 5.02 Å². The van der Waals surface area contributed by atoms with Gasteiger partial charge in [0.2, 0.25) is 0 Å². The van der Waals surface area contributed by atoms with Crippen LogP contribution >= 0.6 is 11.6 Å². The lowest BCUT2D eigenvalue weighted by Crippen LogP contribution is -2.11. The van der Waals surface area contributed by atoms with Crippen LogP contribution in [0.15, 0.2) is 48.5 Å². The molecule has 0 aliphatic carbocycles. The van der Waals surface area contributed by atoms with Gasteiger partial charge in [0, 0.05) is 23.3 Å². The van der Waals surface area contributed by atoms with Gasteiger partial charge in [0.1, 0.15) is 18.1 Å². The SMILES string of the molecule is COc1cccc(OCCNc2ccc(Cl)cc2)c1. The molecule has 0 spiro atoms. The van der Waals surface area contributed by atoms with Gasteiger partial charge in [-0.25, -0.2) is 0 Å². The summed E-state index contributed by atoms with van der Waals surface area (Å²) in [5, 5.41) is 3.99. The van der Waals surface area contributed by atoms with Crippen LogP contribution in [0.1, 0.15) is 0 Å². The molecule has 0 saturated carbocycles. The lowest BCUT2D eigenvalue weighted by atomic mass is 10.3. The predicted octanol–water partition coefficient (Wildman–Crippen LogP) is 3.84. The minimum absolute atomic E-state index is 0.579. The third-order valence-corrected chi connectivity index (χ3v) is 2.84. The average Bonchev–Trinajstić information content (AvgIpc) is 2.46. The van der Waals surface area contributed by atoms with Crippen LogP contribution < -0.4 is 14.8 Å². The van der Waals surface area contributed by atoms with Crippen LogP contribution in [0.25, 0.3) is 0 Å². The van der Waals surface area contributed by atoms with Crippen molar-refractivity contribution in [1.29, 1.82) is 0 Å². The second-order valence-corrected chi connectivity index (χ2v) is 4.40. The zero-order valence-electron chi connectivity index (χ0n) is 10.7. The van der Waals surface area contributed by atoms with Crippen molar-refractivity contribution < 1.29 is 9.47 Å². The molecule has 0 radical (unpaired) electrons. The van der Waals surface area contributed by atoms with Gasteiger partial charge in [-0.2, -0.15) is 0 Å². The highest BCUT2D eigenvalue weighted by atomic mass is 35.5. The van der Waals surface area contributed by atoms with Gasteiger partial charge in [0.15, 0.2) is 0 Å². The van der Waals surface area contributed by atoms with Crippen LogP contribution in [0.4, 0.5) is 5.69 Å². The van der Waals surface area contributed by atoms with Crippen molar-refractivity contribution in [2.75, 3.05) is 25.6 Å². The van der Waals surface area contributed by atoms with E-state index in [9.17, 15) is 0 Å². The topological polar surface area (TPSA) is 30.5 Å². The van der Waals surface area contributed by atoms with E-state index < -0.39 is 0 Å². The largest absolute Gasteiger partial charge is 0.497 e. The van der Waals surface area contributed by atoms with Gasteiger partial charge < -0.3 is 14.8 Å². The summed E-state index contributed by atoms with van der Waals surface area (Å²) < 4.78 is 10.8. The Hall–Kier alpha value is -1.87. The fourth-order valence-corrected chi connectivity index (χ4v) is 1.75. The molecule has 100 valence electrons. The maximum absolute atomic E-state index is 5.82. The predicted molar refractivity (Wildman–Crippen MR) is 78.4 cm³/mol. The molecule has 0 heterocycles. The van der Waals surface area contributed by atoms with Crippen LogP contribution in [-0.4, -0.2) is 20.3 Å². The first kappa shape index (κ1) is 13.6. The highest BCUT2D eigenvalue weighted by molar-refractivity contribution is 6.30. The number of hydrogen-bond donors (Lipinski definition) is 1. The molecule has 0 aromatic heterocycles. The second kappa shape index (κ2) is 6.90. The van der Waals surface area contributed by atoms with Gasteiger partial charge >= 0.3 is 0 Å². The smallest absolute Gasteiger partial charge is 0.123 e. The van der Waals surface area contributed by atoms with Gasteiger partial charge in [0.05, 0.1) is 7.11 Å². The van der Waals surface area contributed by atoms with Crippen LogP contribution in [0.5, 0.6) is 11.5 Å². The number of halogens is 1. The molecule has 0 atom stereocenters. The molecular weight excluding hydrogens is 262 g/mol. The summed E-state index contributed by atoms with van der Waals surface area (Å²) >= 11 is 5.82. The molecule has 2 rings (SSSR count). The lowest BCUT2D eigenvalue weighted by Gasteiger charge is -2.09. The third kappa shape index (κ3) is 4.38. The van der Waals surface area contributed by atoms with E-state index in [-0.39, 0.29) is 0 Å². The molecule has 3 nitrogen and oxygen atoms in total. The summed E-state index contributed by atoms with van der Waals surface area (Å²) in [5.41, 5.74) is 1.03. The molecule has 19 heavy (non-hydrogen) atoms. The van der Waals surface area contributed by atoms with E-state index in [0.717, 1.165) is 28.8 Å². The summed E-state index contributed by atoms with van der Waals surface area (Å²) in [7, 11) is 1.64. The fourth-order valence-electron chi connectivity index (χ4n) is 1.62. The van der Waals surface area contributed by atoms with Crippen molar-refractivity contribution in [3.63, 3.8) is 0 Å². The third-order valence-electron chi connectivity index (χ3n) is 2.59. The van der Waals surface area contributed by atoms with E-state index >= 15 is 0 Å². The molecule has 2 aromatic rings. The van der Waals surface area contributed by atoms with Crippen molar-refractivity contribution in [3.8, 4) is 11.5 Å². The maximum atomic E-state index is 5.82. The van der Waals surface area contributed by atoms with Gasteiger partial charge in [-0.15, -0.1) is 0 Å². The van der Waals surface area contributed by atoms with Crippen LogP contribution in [-0.2, 0) is 0 Å². The summed E-state index contributed by atoms with van der Waals surface area (Å²) in [4.78, 5) is 0. The standard InChI is InChI=1S/C15H16ClNO2/c1-18-14-3-2-4-15(11-14)19-10-9-17-13-7-5-12(16)6-8-13/h2-8,11,17H,9-10H2,1H3. The molecule has 1 N–H and O–H groups in total. The first-order chi connectivity index (χ1) is 9.28. The Labute approximate surface area is 118 Å².